The van der Waals surface area contributed by atoms with Crippen LogP contribution < -0.4 is 4.74 Å². The Hall–Kier alpha value is -3.61. The number of rotatable bonds is 9. The molecule has 1 aromatic heterocycles. The molecule has 0 aliphatic heterocycles. The van der Waals surface area contributed by atoms with Gasteiger partial charge in [-0.15, -0.1) is 0 Å². The Morgan fingerprint density at radius 3 is 2.26 bits per heavy atom. The molecular weight excluding hydrogens is 455 g/mol. The summed E-state index contributed by atoms with van der Waals surface area (Å²) in [5.41, 5.74) is 3.20. The van der Waals surface area contributed by atoms with E-state index in [1.165, 1.54) is 12.1 Å². The number of halogens is 3. The standard InChI is InChI=1S/C28H28F3NO3/c1-5-6-10-25(35-26-17(2)15-21(16-18(26)3)19(4)27(33)34)24-9-7-8-23(32-24)20-11-13-22(14-12-20)28(29,30)31/h7-9,11-16,25H,4-6,10H2,1-3H3,(H,33,34). The normalized spacial score (nSPS) is 12.3. The molecule has 1 heterocycles. The number of pyridine rings is 1. The van der Waals surface area contributed by atoms with E-state index in [-0.39, 0.29) is 11.7 Å². The smallest absolute Gasteiger partial charge is 0.416 e. The number of unbranched alkanes of at least 4 members (excludes halogenated alkanes) is 1. The van der Waals surface area contributed by atoms with Gasteiger partial charge in [0, 0.05) is 5.56 Å². The average Bonchev–Trinajstić information content (AvgIpc) is 2.82. The zero-order valence-corrected chi connectivity index (χ0v) is 19.9. The number of aromatic nitrogens is 1. The summed E-state index contributed by atoms with van der Waals surface area (Å²) < 4.78 is 45.2. The van der Waals surface area contributed by atoms with E-state index >= 15 is 0 Å². The van der Waals surface area contributed by atoms with Crippen LogP contribution in [0.15, 0.2) is 61.2 Å². The van der Waals surface area contributed by atoms with E-state index in [0.717, 1.165) is 36.1 Å². The molecule has 3 aromatic rings. The molecule has 0 fully saturated rings. The van der Waals surface area contributed by atoms with Gasteiger partial charge in [-0.1, -0.05) is 38.1 Å². The number of hydrogen-bond donors (Lipinski definition) is 1. The monoisotopic (exact) mass is 483 g/mol. The van der Waals surface area contributed by atoms with Crippen molar-refractivity contribution in [1.82, 2.24) is 4.98 Å². The Bertz CT molecular complexity index is 1190. The highest BCUT2D eigenvalue weighted by Crippen LogP contribution is 2.34. The van der Waals surface area contributed by atoms with Gasteiger partial charge in [-0.3, -0.25) is 0 Å². The highest BCUT2D eigenvalue weighted by Gasteiger charge is 2.30. The molecule has 7 heteroatoms. The van der Waals surface area contributed by atoms with Crippen LogP contribution >= 0.6 is 0 Å². The summed E-state index contributed by atoms with van der Waals surface area (Å²) in [6.07, 6.45) is -2.23. The molecule has 2 aromatic carbocycles. The minimum Gasteiger partial charge on any atom is -0.484 e. The minimum absolute atomic E-state index is 0.0104. The fourth-order valence-corrected chi connectivity index (χ4v) is 3.85. The fraction of sp³-hybridized carbons (Fsp3) is 0.286. The molecule has 184 valence electrons. The number of aryl methyl sites for hydroxylation is 2. The van der Waals surface area contributed by atoms with Gasteiger partial charge < -0.3 is 9.84 Å². The maximum atomic E-state index is 12.9. The molecule has 0 bridgehead atoms. The second-order valence-corrected chi connectivity index (χ2v) is 8.49. The van der Waals surface area contributed by atoms with Crippen LogP contribution in [-0.4, -0.2) is 16.1 Å². The predicted octanol–water partition coefficient (Wildman–Crippen LogP) is 7.79. The Morgan fingerprint density at radius 2 is 1.71 bits per heavy atom. The maximum Gasteiger partial charge on any atom is 0.416 e. The Balaban J connectivity index is 1.93. The van der Waals surface area contributed by atoms with Crippen LogP contribution in [0.2, 0.25) is 0 Å². The minimum atomic E-state index is -4.39. The molecule has 1 unspecified atom stereocenters. The molecule has 35 heavy (non-hydrogen) atoms. The van der Waals surface area contributed by atoms with Crippen molar-refractivity contribution in [2.24, 2.45) is 0 Å². The van der Waals surface area contributed by atoms with Crippen molar-refractivity contribution < 1.29 is 27.8 Å². The Labute approximate surface area is 203 Å². The van der Waals surface area contributed by atoms with Gasteiger partial charge in [0.05, 0.1) is 22.5 Å². The lowest BCUT2D eigenvalue weighted by Crippen LogP contribution is -2.12. The number of ether oxygens (including phenoxy) is 1. The van der Waals surface area contributed by atoms with Crippen LogP contribution in [0.3, 0.4) is 0 Å². The highest BCUT2D eigenvalue weighted by atomic mass is 19.4. The third kappa shape index (κ3) is 6.29. The number of carboxylic acid groups (broad SMARTS) is 1. The van der Waals surface area contributed by atoms with E-state index in [0.29, 0.717) is 34.7 Å². The molecule has 0 radical (unpaired) electrons. The van der Waals surface area contributed by atoms with Gasteiger partial charge in [0.15, 0.2) is 0 Å². The Morgan fingerprint density at radius 1 is 1.09 bits per heavy atom. The quantitative estimate of drug-likeness (QED) is 0.316. The van der Waals surface area contributed by atoms with Crippen LogP contribution in [0.1, 0.15) is 60.2 Å². The Kier molecular flexibility index (Phi) is 7.99. The molecule has 4 nitrogen and oxygen atoms in total. The molecule has 0 saturated heterocycles. The molecule has 3 rings (SSSR count). The maximum absolute atomic E-state index is 12.9. The van der Waals surface area contributed by atoms with E-state index in [1.54, 1.807) is 18.2 Å². The van der Waals surface area contributed by atoms with Gasteiger partial charge >= 0.3 is 12.1 Å². The summed E-state index contributed by atoms with van der Waals surface area (Å²) in [4.78, 5) is 16.0. The van der Waals surface area contributed by atoms with Crippen molar-refractivity contribution in [1.29, 1.82) is 0 Å². The van der Waals surface area contributed by atoms with E-state index in [1.807, 2.05) is 26.0 Å². The number of hydrogen-bond acceptors (Lipinski definition) is 3. The molecule has 0 aliphatic rings. The largest absolute Gasteiger partial charge is 0.484 e. The van der Waals surface area contributed by atoms with Gasteiger partial charge in [0.25, 0.3) is 0 Å². The number of carbonyl (C=O) groups is 1. The van der Waals surface area contributed by atoms with Crippen LogP contribution in [0.4, 0.5) is 13.2 Å². The number of nitrogens with zero attached hydrogens (tertiary/aromatic N) is 1. The van der Waals surface area contributed by atoms with Crippen molar-refractivity contribution in [3.63, 3.8) is 0 Å². The molecule has 1 N–H and O–H groups in total. The second-order valence-electron chi connectivity index (χ2n) is 8.49. The van der Waals surface area contributed by atoms with Crippen molar-refractivity contribution in [3.05, 3.63) is 89.1 Å². The lowest BCUT2D eigenvalue weighted by atomic mass is 10.00. The van der Waals surface area contributed by atoms with E-state index in [4.69, 9.17) is 9.72 Å². The first-order valence-corrected chi connectivity index (χ1v) is 11.4. The van der Waals surface area contributed by atoms with Gasteiger partial charge in [-0.2, -0.15) is 13.2 Å². The zero-order chi connectivity index (χ0) is 25.8. The third-order valence-electron chi connectivity index (χ3n) is 5.76. The summed E-state index contributed by atoms with van der Waals surface area (Å²) in [6, 6.07) is 13.8. The molecule has 0 spiro atoms. The van der Waals surface area contributed by atoms with Crippen molar-refractivity contribution in [3.8, 4) is 17.0 Å². The first-order chi connectivity index (χ1) is 16.5. The third-order valence-corrected chi connectivity index (χ3v) is 5.76. The summed E-state index contributed by atoms with van der Waals surface area (Å²) in [7, 11) is 0. The van der Waals surface area contributed by atoms with Crippen LogP contribution in [0.5, 0.6) is 5.75 Å². The van der Waals surface area contributed by atoms with Crippen molar-refractivity contribution in [2.75, 3.05) is 0 Å². The lowest BCUT2D eigenvalue weighted by molar-refractivity contribution is -0.137. The van der Waals surface area contributed by atoms with E-state index in [9.17, 15) is 23.1 Å². The number of alkyl halides is 3. The van der Waals surface area contributed by atoms with E-state index in [2.05, 4.69) is 13.5 Å². The SMILES string of the molecule is C=C(C(=O)O)c1cc(C)c(OC(CCCC)c2cccc(-c3ccc(C(F)(F)F)cc3)n2)c(C)c1. The van der Waals surface area contributed by atoms with Crippen molar-refractivity contribution in [2.45, 2.75) is 52.3 Å². The molecule has 0 saturated carbocycles. The van der Waals surface area contributed by atoms with Crippen molar-refractivity contribution >= 4 is 11.5 Å². The zero-order valence-electron chi connectivity index (χ0n) is 19.9. The summed E-state index contributed by atoms with van der Waals surface area (Å²) in [5, 5.41) is 9.26. The summed E-state index contributed by atoms with van der Waals surface area (Å²) in [6.45, 7) is 9.41. The fourth-order valence-electron chi connectivity index (χ4n) is 3.85. The summed E-state index contributed by atoms with van der Waals surface area (Å²) >= 11 is 0. The second kappa shape index (κ2) is 10.8. The molecular formula is C28H28F3NO3. The average molecular weight is 484 g/mol. The van der Waals surface area contributed by atoms with Gasteiger partial charge in [0.1, 0.15) is 11.9 Å². The van der Waals surface area contributed by atoms with Gasteiger partial charge in [0.2, 0.25) is 0 Å². The summed E-state index contributed by atoms with van der Waals surface area (Å²) in [5.74, 6) is -0.433. The highest BCUT2D eigenvalue weighted by molar-refractivity contribution is 6.14. The molecule has 0 amide bonds. The van der Waals surface area contributed by atoms with E-state index < -0.39 is 17.7 Å². The first kappa shape index (κ1) is 26.0. The topological polar surface area (TPSA) is 59.4 Å². The molecule has 0 aliphatic carbocycles. The predicted molar refractivity (Wildman–Crippen MR) is 130 cm³/mol. The number of aliphatic carboxylic acids is 1. The number of carboxylic acids is 1. The lowest BCUT2D eigenvalue weighted by Gasteiger charge is -2.22. The van der Waals surface area contributed by atoms with Crippen LogP contribution in [0, 0.1) is 13.8 Å². The first-order valence-electron chi connectivity index (χ1n) is 11.4. The van der Waals surface area contributed by atoms with Gasteiger partial charge in [-0.05, 0) is 79.8 Å². The van der Waals surface area contributed by atoms with Gasteiger partial charge in [-0.25, -0.2) is 9.78 Å². The number of benzene rings is 2. The van der Waals surface area contributed by atoms with Crippen LogP contribution in [0.25, 0.3) is 16.8 Å². The molecule has 1 atom stereocenters. The van der Waals surface area contributed by atoms with Crippen LogP contribution in [-0.2, 0) is 11.0 Å².